The molecule has 1 aromatic carbocycles. The summed E-state index contributed by atoms with van der Waals surface area (Å²) in [7, 11) is 0. The Morgan fingerprint density at radius 2 is 1.86 bits per heavy atom. The molecule has 1 aromatic heterocycles. The lowest BCUT2D eigenvalue weighted by Gasteiger charge is -2.35. The first-order valence-corrected chi connectivity index (χ1v) is 9.49. The van der Waals surface area contributed by atoms with Crippen LogP contribution in [0.5, 0.6) is 0 Å². The van der Waals surface area contributed by atoms with Gasteiger partial charge in [-0.05, 0) is 50.1 Å². The lowest BCUT2D eigenvalue weighted by Crippen LogP contribution is -2.49. The number of carbonyl (C=O) groups is 2. The fourth-order valence-electron chi connectivity index (χ4n) is 3.16. The van der Waals surface area contributed by atoms with Crippen molar-refractivity contribution in [3.05, 3.63) is 53.3 Å². The van der Waals surface area contributed by atoms with Crippen molar-refractivity contribution in [2.24, 2.45) is 0 Å². The molecular weight excluding hydrogens is 356 g/mol. The van der Waals surface area contributed by atoms with E-state index < -0.39 is 0 Å². The monoisotopic (exact) mass is 382 g/mol. The highest BCUT2D eigenvalue weighted by molar-refractivity contribution is 6.03. The van der Waals surface area contributed by atoms with Crippen LogP contribution >= 0.6 is 0 Å². The van der Waals surface area contributed by atoms with E-state index in [1.54, 1.807) is 24.1 Å². The van der Waals surface area contributed by atoms with Crippen LogP contribution in [0, 0.1) is 13.8 Å². The summed E-state index contributed by atoms with van der Waals surface area (Å²) in [5.41, 5.74) is 4.17. The maximum Gasteiger partial charge on any atom is 0.409 e. The third-order valence-corrected chi connectivity index (χ3v) is 4.79. The number of hydrogen-bond donors (Lipinski definition) is 1. The number of rotatable bonds is 4. The third kappa shape index (κ3) is 4.60. The van der Waals surface area contributed by atoms with Crippen molar-refractivity contribution in [3.63, 3.8) is 0 Å². The number of piperazine rings is 1. The molecule has 7 nitrogen and oxygen atoms in total. The summed E-state index contributed by atoms with van der Waals surface area (Å²) in [6.07, 6.45) is 1.37. The summed E-state index contributed by atoms with van der Waals surface area (Å²) in [6.45, 7) is 8.67. The van der Waals surface area contributed by atoms with Crippen molar-refractivity contribution >= 4 is 23.4 Å². The Hall–Kier alpha value is -3.09. The van der Waals surface area contributed by atoms with Gasteiger partial charge in [0.05, 0.1) is 6.61 Å². The maximum atomic E-state index is 12.7. The van der Waals surface area contributed by atoms with E-state index >= 15 is 0 Å². The number of carbonyl (C=O) groups excluding carboxylic acids is 2. The fourth-order valence-corrected chi connectivity index (χ4v) is 3.16. The summed E-state index contributed by atoms with van der Waals surface area (Å²) in [5, 5.41) is 2.94. The van der Waals surface area contributed by atoms with Gasteiger partial charge >= 0.3 is 6.09 Å². The number of hydrogen-bond acceptors (Lipinski definition) is 5. The Morgan fingerprint density at radius 3 is 2.57 bits per heavy atom. The summed E-state index contributed by atoms with van der Waals surface area (Å²) < 4.78 is 5.05. The zero-order valence-electron chi connectivity index (χ0n) is 16.6. The highest BCUT2D eigenvalue weighted by Crippen LogP contribution is 2.20. The molecule has 0 bridgehead atoms. The molecule has 0 aliphatic carbocycles. The highest BCUT2D eigenvalue weighted by atomic mass is 16.6. The van der Waals surface area contributed by atoms with Gasteiger partial charge < -0.3 is 19.9 Å². The Bertz CT molecular complexity index is 860. The molecule has 0 spiro atoms. The third-order valence-electron chi connectivity index (χ3n) is 4.79. The fraction of sp³-hybridized carbons (Fsp3) is 0.381. The van der Waals surface area contributed by atoms with E-state index in [4.69, 9.17) is 4.74 Å². The molecule has 0 radical (unpaired) electrons. The zero-order chi connectivity index (χ0) is 20.1. The second kappa shape index (κ2) is 8.73. The van der Waals surface area contributed by atoms with Gasteiger partial charge in [-0.25, -0.2) is 4.79 Å². The van der Waals surface area contributed by atoms with Crippen molar-refractivity contribution in [1.82, 2.24) is 9.88 Å². The predicted octanol–water partition coefficient (Wildman–Crippen LogP) is 3.23. The Balaban J connectivity index is 1.66. The molecule has 1 saturated heterocycles. The van der Waals surface area contributed by atoms with Crippen LogP contribution in [-0.4, -0.2) is 54.7 Å². The van der Waals surface area contributed by atoms with Gasteiger partial charge in [0.15, 0.2) is 0 Å². The van der Waals surface area contributed by atoms with Gasteiger partial charge in [0, 0.05) is 43.8 Å². The van der Waals surface area contributed by atoms with Crippen LogP contribution in [0.3, 0.4) is 0 Å². The number of anilines is 2. The molecule has 148 valence electrons. The molecule has 1 fully saturated rings. The number of benzene rings is 1. The van der Waals surface area contributed by atoms with Gasteiger partial charge in [0.1, 0.15) is 5.69 Å². The Morgan fingerprint density at radius 1 is 1.11 bits per heavy atom. The van der Waals surface area contributed by atoms with Crippen LogP contribution in [-0.2, 0) is 4.74 Å². The van der Waals surface area contributed by atoms with Crippen LogP contribution < -0.4 is 10.2 Å². The highest BCUT2D eigenvalue weighted by Gasteiger charge is 2.22. The van der Waals surface area contributed by atoms with Gasteiger partial charge in [-0.2, -0.15) is 0 Å². The first kappa shape index (κ1) is 19.7. The molecule has 2 amide bonds. The lowest BCUT2D eigenvalue weighted by molar-refractivity contribution is 0.102. The minimum Gasteiger partial charge on any atom is -0.450 e. The number of aryl methyl sites for hydroxylation is 2. The lowest BCUT2D eigenvalue weighted by atomic mass is 10.1. The number of nitrogens with one attached hydrogen (secondary N) is 1. The molecule has 7 heteroatoms. The SMILES string of the molecule is CCOC(=O)N1CCN(c2ccnc(C(=O)Nc3cc(C)ccc3C)c2)CC1. The van der Waals surface area contributed by atoms with Crippen LogP contribution in [0.4, 0.5) is 16.2 Å². The van der Waals surface area contributed by atoms with Crippen LogP contribution in [0.2, 0.25) is 0 Å². The largest absolute Gasteiger partial charge is 0.450 e. The zero-order valence-corrected chi connectivity index (χ0v) is 16.6. The molecule has 3 rings (SSSR count). The van der Waals surface area contributed by atoms with E-state index in [1.807, 2.05) is 38.1 Å². The second-order valence-electron chi connectivity index (χ2n) is 6.84. The number of ether oxygens (including phenoxy) is 1. The number of aromatic nitrogens is 1. The quantitative estimate of drug-likeness (QED) is 0.879. The maximum absolute atomic E-state index is 12.7. The average Bonchev–Trinajstić information content (AvgIpc) is 2.71. The average molecular weight is 382 g/mol. The standard InChI is InChI=1S/C21H26N4O3/c1-4-28-21(27)25-11-9-24(10-12-25)17-7-8-22-19(14-17)20(26)23-18-13-15(2)5-6-16(18)3/h5-8,13-14H,4,9-12H2,1-3H3,(H,23,26). The van der Waals surface area contributed by atoms with Crippen molar-refractivity contribution in [3.8, 4) is 0 Å². The van der Waals surface area contributed by atoms with Gasteiger partial charge in [0.25, 0.3) is 5.91 Å². The molecule has 0 saturated carbocycles. The van der Waals surface area contributed by atoms with E-state index in [9.17, 15) is 9.59 Å². The van der Waals surface area contributed by atoms with E-state index in [-0.39, 0.29) is 12.0 Å². The number of nitrogens with zero attached hydrogens (tertiary/aromatic N) is 3. The molecule has 28 heavy (non-hydrogen) atoms. The predicted molar refractivity (Wildman–Crippen MR) is 109 cm³/mol. The minimum atomic E-state index is -0.273. The molecule has 0 unspecified atom stereocenters. The summed E-state index contributed by atoms with van der Waals surface area (Å²) in [6, 6.07) is 9.62. The number of pyridine rings is 1. The first-order valence-electron chi connectivity index (χ1n) is 9.49. The van der Waals surface area contributed by atoms with E-state index in [2.05, 4.69) is 15.2 Å². The summed E-state index contributed by atoms with van der Waals surface area (Å²) >= 11 is 0. The smallest absolute Gasteiger partial charge is 0.409 e. The van der Waals surface area contributed by atoms with Crippen molar-refractivity contribution in [1.29, 1.82) is 0 Å². The molecule has 2 aromatic rings. The van der Waals surface area contributed by atoms with Gasteiger partial charge in [-0.1, -0.05) is 12.1 Å². The number of amides is 2. The molecule has 1 N–H and O–H groups in total. The first-order chi connectivity index (χ1) is 13.5. The van der Waals surface area contributed by atoms with Crippen LogP contribution in [0.1, 0.15) is 28.5 Å². The van der Waals surface area contributed by atoms with Gasteiger partial charge in [-0.3, -0.25) is 9.78 Å². The summed E-state index contributed by atoms with van der Waals surface area (Å²) in [4.78, 5) is 32.6. The normalized spacial score (nSPS) is 14.0. The van der Waals surface area contributed by atoms with E-state index in [0.29, 0.717) is 38.5 Å². The van der Waals surface area contributed by atoms with Gasteiger partial charge in [0.2, 0.25) is 0 Å². The molecule has 1 aliphatic rings. The van der Waals surface area contributed by atoms with Crippen LogP contribution in [0.15, 0.2) is 36.5 Å². The van der Waals surface area contributed by atoms with E-state index in [0.717, 1.165) is 22.5 Å². The van der Waals surface area contributed by atoms with Crippen molar-refractivity contribution in [2.75, 3.05) is 43.0 Å². The molecular formula is C21H26N4O3. The van der Waals surface area contributed by atoms with Crippen molar-refractivity contribution in [2.45, 2.75) is 20.8 Å². The minimum absolute atomic E-state index is 0.235. The molecule has 0 atom stereocenters. The Kier molecular flexibility index (Phi) is 6.13. The molecule has 1 aliphatic heterocycles. The second-order valence-corrected chi connectivity index (χ2v) is 6.84. The van der Waals surface area contributed by atoms with E-state index in [1.165, 1.54) is 0 Å². The van der Waals surface area contributed by atoms with Crippen molar-refractivity contribution < 1.29 is 14.3 Å². The van der Waals surface area contributed by atoms with Gasteiger partial charge in [-0.15, -0.1) is 0 Å². The topological polar surface area (TPSA) is 74.8 Å². The Labute approximate surface area is 165 Å². The summed E-state index contributed by atoms with van der Waals surface area (Å²) in [5.74, 6) is -0.235. The molecule has 2 heterocycles. The van der Waals surface area contributed by atoms with Crippen LogP contribution in [0.25, 0.3) is 0 Å².